The average Bonchev–Trinajstić information content (AvgIpc) is 3.16. The van der Waals surface area contributed by atoms with Crippen molar-refractivity contribution in [3.8, 4) is 0 Å². The number of sulfonamides is 1. The number of aromatic nitrogens is 3. The van der Waals surface area contributed by atoms with Gasteiger partial charge in [-0.3, -0.25) is 9.52 Å². The zero-order valence-corrected chi connectivity index (χ0v) is 15.5. The van der Waals surface area contributed by atoms with Crippen molar-refractivity contribution in [3.63, 3.8) is 0 Å². The van der Waals surface area contributed by atoms with Gasteiger partial charge >= 0.3 is 0 Å². The summed E-state index contributed by atoms with van der Waals surface area (Å²) in [6.45, 7) is 2.30. The van der Waals surface area contributed by atoms with E-state index in [4.69, 9.17) is 0 Å². The van der Waals surface area contributed by atoms with Gasteiger partial charge in [0.25, 0.3) is 10.0 Å². The molecule has 0 spiro atoms. The summed E-state index contributed by atoms with van der Waals surface area (Å²) < 4.78 is 29.2. The first kappa shape index (κ1) is 18.6. The molecular weight excluding hydrogens is 366 g/mol. The van der Waals surface area contributed by atoms with Gasteiger partial charge in [0.05, 0.1) is 11.4 Å². The van der Waals surface area contributed by atoms with Crippen LogP contribution in [0.2, 0.25) is 0 Å². The monoisotopic (exact) mass is 385 g/mol. The van der Waals surface area contributed by atoms with Crippen molar-refractivity contribution in [1.29, 1.82) is 0 Å². The van der Waals surface area contributed by atoms with E-state index in [0.717, 1.165) is 5.56 Å². The largest absolute Gasteiger partial charge is 0.326 e. The molecule has 1 amide bonds. The van der Waals surface area contributed by atoms with E-state index in [1.54, 1.807) is 42.2 Å². The van der Waals surface area contributed by atoms with Crippen molar-refractivity contribution in [2.24, 2.45) is 0 Å². The topological polar surface area (TPSA) is 106 Å². The molecule has 3 aromatic rings. The molecule has 3 rings (SSSR count). The SMILES string of the molecule is CCC(=O)Nc1ccc(S(=O)(=O)Nc2ccc(Cn3cncn3)cc2)cc1. The van der Waals surface area contributed by atoms with Crippen LogP contribution in [0.5, 0.6) is 0 Å². The maximum Gasteiger partial charge on any atom is 0.261 e. The Bertz CT molecular complexity index is 998. The van der Waals surface area contributed by atoms with E-state index in [1.165, 1.54) is 18.5 Å². The second kappa shape index (κ2) is 8.00. The maximum atomic E-state index is 12.5. The fourth-order valence-corrected chi connectivity index (χ4v) is 3.42. The predicted molar refractivity (Wildman–Crippen MR) is 102 cm³/mol. The lowest BCUT2D eigenvalue weighted by Crippen LogP contribution is -2.13. The minimum absolute atomic E-state index is 0.115. The van der Waals surface area contributed by atoms with Gasteiger partial charge in [0.15, 0.2) is 0 Å². The number of rotatable bonds is 7. The Hall–Kier alpha value is -3.20. The summed E-state index contributed by atoms with van der Waals surface area (Å²) in [5, 5.41) is 6.71. The minimum Gasteiger partial charge on any atom is -0.326 e. The van der Waals surface area contributed by atoms with E-state index in [1.807, 2.05) is 12.1 Å². The Kier molecular flexibility index (Phi) is 5.51. The highest BCUT2D eigenvalue weighted by Gasteiger charge is 2.14. The third-order valence-corrected chi connectivity index (χ3v) is 5.18. The molecule has 0 aliphatic heterocycles. The molecule has 1 heterocycles. The third kappa shape index (κ3) is 4.91. The normalized spacial score (nSPS) is 11.1. The maximum absolute atomic E-state index is 12.5. The number of nitrogens with one attached hydrogen (secondary N) is 2. The molecule has 0 aliphatic rings. The van der Waals surface area contributed by atoms with Crippen LogP contribution in [0.4, 0.5) is 11.4 Å². The Labute approximate surface area is 157 Å². The highest BCUT2D eigenvalue weighted by molar-refractivity contribution is 7.92. The second-order valence-electron chi connectivity index (χ2n) is 5.82. The highest BCUT2D eigenvalue weighted by Crippen LogP contribution is 2.19. The lowest BCUT2D eigenvalue weighted by atomic mass is 10.2. The van der Waals surface area contributed by atoms with Gasteiger partial charge in [-0.05, 0) is 42.0 Å². The molecule has 8 nitrogen and oxygen atoms in total. The first-order chi connectivity index (χ1) is 13.0. The molecule has 0 bridgehead atoms. The number of hydrogen-bond donors (Lipinski definition) is 2. The quantitative estimate of drug-likeness (QED) is 0.650. The van der Waals surface area contributed by atoms with Gasteiger partial charge in [-0.1, -0.05) is 19.1 Å². The molecule has 0 aliphatic carbocycles. The molecule has 0 saturated heterocycles. The molecule has 2 N–H and O–H groups in total. The van der Waals surface area contributed by atoms with E-state index in [2.05, 4.69) is 20.1 Å². The van der Waals surface area contributed by atoms with Gasteiger partial charge in [0.2, 0.25) is 5.91 Å². The third-order valence-electron chi connectivity index (χ3n) is 3.79. The summed E-state index contributed by atoms with van der Waals surface area (Å²) in [6, 6.07) is 13.1. The van der Waals surface area contributed by atoms with Crippen LogP contribution in [0, 0.1) is 0 Å². The van der Waals surface area contributed by atoms with E-state index in [9.17, 15) is 13.2 Å². The zero-order chi connectivity index (χ0) is 19.3. The Morgan fingerprint density at radius 2 is 1.70 bits per heavy atom. The Morgan fingerprint density at radius 3 is 2.30 bits per heavy atom. The number of anilines is 2. The summed E-state index contributed by atoms with van der Waals surface area (Å²) in [5.74, 6) is -0.130. The van der Waals surface area contributed by atoms with Crippen LogP contribution in [-0.2, 0) is 21.4 Å². The van der Waals surface area contributed by atoms with Gasteiger partial charge in [-0.2, -0.15) is 5.10 Å². The van der Waals surface area contributed by atoms with Crippen LogP contribution in [-0.4, -0.2) is 29.1 Å². The van der Waals surface area contributed by atoms with Crippen LogP contribution in [0.15, 0.2) is 66.1 Å². The number of carbonyl (C=O) groups excluding carboxylic acids is 1. The number of benzene rings is 2. The first-order valence-electron chi connectivity index (χ1n) is 8.30. The van der Waals surface area contributed by atoms with Crippen LogP contribution >= 0.6 is 0 Å². The van der Waals surface area contributed by atoms with E-state index in [0.29, 0.717) is 24.3 Å². The van der Waals surface area contributed by atoms with E-state index in [-0.39, 0.29) is 10.8 Å². The summed E-state index contributed by atoms with van der Waals surface area (Å²) >= 11 is 0. The van der Waals surface area contributed by atoms with Crippen LogP contribution in [0.1, 0.15) is 18.9 Å². The summed E-state index contributed by atoms with van der Waals surface area (Å²) in [5.41, 5.74) is 1.98. The molecule has 9 heteroatoms. The Morgan fingerprint density at radius 1 is 1.04 bits per heavy atom. The van der Waals surface area contributed by atoms with Gasteiger partial charge in [0, 0.05) is 17.8 Å². The zero-order valence-electron chi connectivity index (χ0n) is 14.7. The van der Waals surface area contributed by atoms with Crippen molar-refractivity contribution < 1.29 is 13.2 Å². The van der Waals surface area contributed by atoms with Gasteiger partial charge in [-0.15, -0.1) is 0 Å². The van der Waals surface area contributed by atoms with Crippen LogP contribution in [0.3, 0.4) is 0 Å². The highest BCUT2D eigenvalue weighted by atomic mass is 32.2. The molecular formula is C18H19N5O3S. The molecule has 1 aromatic heterocycles. The fourth-order valence-electron chi connectivity index (χ4n) is 2.36. The van der Waals surface area contributed by atoms with Crippen molar-refractivity contribution in [1.82, 2.24) is 14.8 Å². The van der Waals surface area contributed by atoms with Crippen LogP contribution in [0.25, 0.3) is 0 Å². The molecule has 2 aromatic carbocycles. The molecule has 0 saturated carbocycles. The smallest absolute Gasteiger partial charge is 0.261 e. The van der Waals surface area contributed by atoms with Crippen molar-refractivity contribution in [3.05, 3.63) is 66.7 Å². The number of carbonyl (C=O) groups is 1. The average molecular weight is 385 g/mol. The molecule has 27 heavy (non-hydrogen) atoms. The van der Waals surface area contributed by atoms with Crippen molar-refractivity contribution in [2.75, 3.05) is 10.0 Å². The summed E-state index contributed by atoms with van der Waals surface area (Å²) in [4.78, 5) is 15.4. The molecule has 0 atom stereocenters. The molecule has 140 valence electrons. The lowest BCUT2D eigenvalue weighted by molar-refractivity contribution is -0.115. The molecule has 0 unspecified atom stereocenters. The van der Waals surface area contributed by atoms with Gasteiger partial charge < -0.3 is 5.32 Å². The number of hydrogen-bond acceptors (Lipinski definition) is 5. The van der Waals surface area contributed by atoms with E-state index < -0.39 is 10.0 Å². The molecule has 0 radical (unpaired) electrons. The Balaban J connectivity index is 1.67. The fraction of sp³-hybridized carbons (Fsp3) is 0.167. The standard InChI is InChI=1S/C18H19N5O3S/c1-2-18(24)21-15-7-9-17(10-8-15)27(25,26)22-16-5-3-14(4-6-16)11-23-13-19-12-20-23/h3-10,12-13,22H,2,11H2,1H3,(H,21,24). The second-order valence-corrected chi connectivity index (χ2v) is 7.50. The lowest BCUT2D eigenvalue weighted by Gasteiger charge is -2.10. The van der Waals surface area contributed by atoms with Gasteiger partial charge in [0.1, 0.15) is 12.7 Å². The summed E-state index contributed by atoms with van der Waals surface area (Å²) in [7, 11) is -3.72. The van der Waals surface area contributed by atoms with Crippen molar-refractivity contribution in [2.45, 2.75) is 24.8 Å². The van der Waals surface area contributed by atoms with Crippen molar-refractivity contribution >= 4 is 27.3 Å². The first-order valence-corrected chi connectivity index (χ1v) is 9.78. The number of amides is 1. The summed E-state index contributed by atoms with van der Waals surface area (Å²) in [6.07, 6.45) is 3.43. The van der Waals surface area contributed by atoms with Crippen LogP contribution < -0.4 is 10.0 Å². The predicted octanol–water partition coefficient (Wildman–Crippen LogP) is 2.48. The molecule has 0 fully saturated rings. The minimum atomic E-state index is -3.72. The number of nitrogens with zero attached hydrogens (tertiary/aromatic N) is 3. The van der Waals surface area contributed by atoms with Gasteiger partial charge in [-0.25, -0.2) is 18.1 Å². The van der Waals surface area contributed by atoms with E-state index >= 15 is 0 Å².